The Morgan fingerprint density at radius 2 is 2.09 bits per heavy atom. The summed E-state index contributed by atoms with van der Waals surface area (Å²) in [5.41, 5.74) is 2.02. The van der Waals surface area contributed by atoms with Crippen molar-refractivity contribution < 1.29 is 4.79 Å². The number of amides is 1. The molecular formula is C18H23N3O. The predicted molar refractivity (Wildman–Crippen MR) is 86.8 cm³/mol. The van der Waals surface area contributed by atoms with E-state index in [1.54, 1.807) is 10.9 Å². The van der Waals surface area contributed by atoms with Crippen LogP contribution in [0.1, 0.15) is 48.0 Å². The fraction of sp³-hybridized carbons (Fsp3) is 0.444. The van der Waals surface area contributed by atoms with Gasteiger partial charge in [0.05, 0.1) is 11.8 Å². The minimum Gasteiger partial charge on any atom is -0.338 e. The summed E-state index contributed by atoms with van der Waals surface area (Å²) in [5.74, 6) is 0.518. The van der Waals surface area contributed by atoms with Crippen LogP contribution in [0, 0.1) is 0 Å². The second-order valence-electron chi connectivity index (χ2n) is 6.02. The van der Waals surface area contributed by atoms with Crippen molar-refractivity contribution in [3.8, 4) is 0 Å². The Kier molecular flexibility index (Phi) is 4.27. The molecule has 0 bridgehead atoms. The van der Waals surface area contributed by atoms with Crippen LogP contribution in [0.4, 0.5) is 0 Å². The first-order valence-corrected chi connectivity index (χ1v) is 8.05. The number of benzene rings is 1. The number of aromatic nitrogens is 2. The summed E-state index contributed by atoms with van der Waals surface area (Å²) in [6.45, 7) is 2.81. The van der Waals surface area contributed by atoms with Gasteiger partial charge < -0.3 is 4.90 Å². The van der Waals surface area contributed by atoms with Gasteiger partial charge in [-0.05, 0) is 25.3 Å². The van der Waals surface area contributed by atoms with Crippen molar-refractivity contribution in [3.05, 3.63) is 53.9 Å². The summed E-state index contributed by atoms with van der Waals surface area (Å²) in [6, 6.07) is 10.8. The molecular weight excluding hydrogens is 274 g/mol. The lowest BCUT2D eigenvalue weighted by Crippen LogP contribution is -2.38. The highest BCUT2D eigenvalue weighted by molar-refractivity contribution is 5.93. The Labute approximate surface area is 131 Å². The van der Waals surface area contributed by atoms with E-state index in [1.165, 1.54) is 12.0 Å². The zero-order valence-corrected chi connectivity index (χ0v) is 13.3. The maximum atomic E-state index is 12.7. The van der Waals surface area contributed by atoms with E-state index in [0.717, 1.165) is 19.4 Å². The lowest BCUT2D eigenvalue weighted by atomic mass is 9.93. The molecule has 0 radical (unpaired) electrons. The summed E-state index contributed by atoms with van der Waals surface area (Å²) in [7, 11) is 1.93. The summed E-state index contributed by atoms with van der Waals surface area (Å²) < 4.78 is 1.80. The van der Waals surface area contributed by atoms with E-state index in [2.05, 4.69) is 29.4 Å². The number of hydrogen-bond acceptors (Lipinski definition) is 2. The van der Waals surface area contributed by atoms with Gasteiger partial charge in [0.15, 0.2) is 0 Å². The third-order valence-corrected chi connectivity index (χ3v) is 4.73. The van der Waals surface area contributed by atoms with Crippen LogP contribution in [0.15, 0.2) is 42.7 Å². The SMILES string of the molecule is CCn1cc(C(=O)N(C)C2CCCC2c2ccccc2)cn1. The molecule has 1 aliphatic rings. The third-order valence-electron chi connectivity index (χ3n) is 4.73. The number of carbonyl (C=O) groups is 1. The highest BCUT2D eigenvalue weighted by atomic mass is 16.2. The second kappa shape index (κ2) is 6.34. The van der Waals surface area contributed by atoms with Gasteiger partial charge in [0.1, 0.15) is 0 Å². The van der Waals surface area contributed by atoms with E-state index in [1.807, 2.05) is 31.1 Å². The highest BCUT2D eigenvalue weighted by Gasteiger charge is 2.34. The van der Waals surface area contributed by atoms with E-state index in [4.69, 9.17) is 0 Å². The molecule has 1 aliphatic carbocycles. The van der Waals surface area contributed by atoms with Gasteiger partial charge in [0, 0.05) is 31.7 Å². The predicted octanol–water partition coefficient (Wildman–Crippen LogP) is 3.31. The Hall–Kier alpha value is -2.10. The number of aryl methyl sites for hydroxylation is 1. The third kappa shape index (κ3) is 2.78. The van der Waals surface area contributed by atoms with Gasteiger partial charge in [-0.1, -0.05) is 36.8 Å². The van der Waals surface area contributed by atoms with Crippen LogP contribution in [0.25, 0.3) is 0 Å². The number of rotatable bonds is 4. The normalized spacial score (nSPS) is 21.0. The molecule has 1 fully saturated rings. The lowest BCUT2D eigenvalue weighted by Gasteiger charge is -2.30. The number of likely N-dealkylation sites (N-methyl/N-ethyl adjacent to an activating group) is 1. The Morgan fingerprint density at radius 1 is 1.32 bits per heavy atom. The molecule has 2 atom stereocenters. The van der Waals surface area contributed by atoms with Crippen LogP contribution in [0.2, 0.25) is 0 Å². The molecule has 1 aromatic heterocycles. The molecule has 1 amide bonds. The topological polar surface area (TPSA) is 38.1 Å². The largest absolute Gasteiger partial charge is 0.338 e. The van der Waals surface area contributed by atoms with Crippen molar-refractivity contribution in [2.24, 2.45) is 0 Å². The van der Waals surface area contributed by atoms with Crippen LogP contribution in [0.5, 0.6) is 0 Å². The van der Waals surface area contributed by atoms with Gasteiger partial charge in [-0.15, -0.1) is 0 Å². The molecule has 2 unspecified atom stereocenters. The Bertz CT molecular complexity index is 635. The molecule has 2 aromatic rings. The molecule has 0 spiro atoms. The maximum absolute atomic E-state index is 12.7. The molecule has 0 aliphatic heterocycles. The van der Waals surface area contributed by atoms with Gasteiger partial charge in [-0.3, -0.25) is 9.48 Å². The molecule has 22 heavy (non-hydrogen) atoms. The second-order valence-corrected chi connectivity index (χ2v) is 6.02. The van der Waals surface area contributed by atoms with Crippen molar-refractivity contribution in [2.75, 3.05) is 7.05 Å². The van der Waals surface area contributed by atoms with Crippen LogP contribution in [-0.4, -0.2) is 33.7 Å². The minimum absolute atomic E-state index is 0.0764. The van der Waals surface area contributed by atoms with Crippen molar-refractivity contribution in [3.63, 3.8) is 0 Å². The molecule has 4 nitrogen and oxygen atoms in total. The zero-order valence-electron chi connectivity index (χ0n) is 13.3. The molecule has 3 rings (SSSR count). The maximum Gasteiger partial charge on any atom is 0.257 e. The summed E-state index contributed by atoms with van der Waals surface area (Å²) in [6.07, 6.45) is 6.92. The summed E-state index contributed by atoms with van der Waals surface area (Å²) in [5, 5.41) is 4.21. The molecule has 0 saturated heterocycles. The number of nitrogens with zero attached hydrogens (tertiary/aromatic N) is 3. The average Bonchev–Trinajstić information content (AvgIpc) is 3.23. The molecule has 1 heterocycles. The van der Waals surface area contributed by atoms with Gasteiger partial charge in [-0.2, -0.15) is 5.10 Å². The van der Waals surface area contributed by atoms with Crippen molar-refractivity contribution in [2.45, 2.75) is 44.7 Å². The smallest absolute Gasteiger partial charge is 0.257 e. The van der Waals surface area contributed by atoms with Crippen LogP contribution < -0.4 is 0 Å². The van der Waals surface area contributed by atoms with E-state index < -0.39 is 0 Å². The minimum atomic E-state index is 0.0764. The lowest BCUT2D eigenvalue weighted by molar-refractivity contribution is 0.0722. The fourth-order valence-corrected chi connectivity index (χ4v) is 3.49. The monoisotopic (exact) mass is 297 g/mol. The molecule has 4 heteroatoms. The van der Waals surface area contributed by atoms with Gasteiger partial charge in [0.25, 0.3) is 5.91 Å². The Morgan fingerprint density at radius 3 is 2.77 bits per heavy atom. The quantitative estimate of drug-likeness (QED) is 0.868. The van der Waals surface area contributed by atoms with Crippen LogP contribution in [0.3, 0.4) is 0 Å². The van der Waals surface area contributed by atoms with Crippen molar-refractivity contribution in [1.82, 2.24) is 14.7 Å². The first-order chi connectivity index (χ1) is 10.7. The summed E-state index contributed by atoms with van der Waals surface area (Å²) in [4.78, 5) is 14.6. The van der Waals surface area contributed by atoms with Gasteiger partial charge in [-0.25, -0.2) is 0 Å². The van der Waals surface area contributed by atoms with Crippen molar-refractivity contribution in [1.29, 1.82) is 0 Å². The van der Waals surface area contributed by atoms with Gasteiger partial charge >= 0.3 is 0 Å². The van der Waals surface area contributed by atoms with Crippen LogP contribution >= 0.6 is 0 Å². The molecule has 116 valence electrons. The first kappa shape index (κ1) is 14.8. The van der Waals surface area contributed by atoms with Crippen LogP contribution in [-0.2, 0) is 6.54 Å². The molecule has 0 N–H and O–H groups in total. The van der Waals surface area contributed by atoms with E-state index in [0.29, 0.717) is 11.5 Å². The fourth-order valence-electron chi connectivity index (χ4n) is 3.49. The summed E-state index contributed by atoms with van der Waals surface area (Å²) >= 11 is 0. The van der Waals surface area contributed by atoms with Gasteiger partial charge in [0.2, 0.25) is 0 Å². The number of hydrogen-bond donors (Lipinski definition) is 0. The van der Waals surface area contributed by atoms with E-state index >= 15 is 0 Å². The number of carbonyl (C=O) groups excluding carboxylic acids is 1. The highest BCUT2D eigenvalue weighted by Crippen LogP contribution is 2.37. The molecule has 1 aromatic carbocycles. The molecule has 1 saturated carbocycles. The first-order valence-electron chi connectivity index (χ1n) is 8.05. The van der Waals surface area contributed by atoms with Crippen molar-refractivity contribution >= 4 is 5.91 Å². The van der Waals surface area contributed by atoms with E-state index in [-0.39, 0.29) is 11.9 Å². The van der Waals surface area contributed by atoms with E-state index in [9.17, 15) is 4.79 Å². The Balaban J connectivity index is 1.78. The zero-order chi connectivity index (χ0) is 15.5. The standard InChI is InChI=1S/C18H23N3O/c1-3-21-13-15(12-19-21)18(22)20(2)17-11-7-10-16(17)14-8-5-4-6-9-14/h4-6,8-9,12-13,16-17H,3,7,10-11H2,1-2H3. The average molecular weight is 297 g/mol.